The molecule has 3 rings (SSSR count). The molecule has 0 spiro atoms. The van der Waals surface area contributed by atoms with Crippen molar-refractivity contribution in [2.45, 2.75) is 58.2 Å². The van der Waals surface area contributed by atoms with Gasteiger partial charge in [0.15, 0.2) is 0 Å². The second-order valence-corrected chi connectivity index (χ2v) is 7.20. The highest BCUT2D eigenvalue weighted by Crippen LogP contribution is 2.27. The van der Waals surface area contributed by atoms with Crippen LogP contribution in [0, 0.1) is 5.92 Å². The molecule has 20 heavy (non-hydrogen) atoms. The highest BCUT2D eigenvalue weighted by Gasteiger charge is 2.33. The predicted molar refractivity (Wildman–Crippen MR) is 79.8 cm³/mol. The van der Waals surface area contributed by atoms with Crippen LogP contribution in [0.5, 0.6) is 0 Å². The Bertz CT molecular complexity index is 333. The van der Waals surface area contributed by atoms with E-state index >= 15 is 0 Å². The Morgan fingerprint density at radius 1 is 1.35 bits per heavy atom. The molecule has 0 aliphatic carbocycles. The molecule has 0 aromatic heterocycles. The Balaban J connectivity index is 1.67. The van der Waals surface area contributed by atoms with E-state index in [1.165, 1.54) is 25.9 Å². The van der Waals surface area contributed by atoms with Gasteiger partial charge in [-0.1, -0.05) is 0 Å². The summed E-state index contributed by atoms with van der Waals surface area (Å²) in [6.45, 7) is 12.1. The molecule has 5 heteroatoms. The summed E-state index contributed by atoms with van der Waals surface area (Å²) in [6, 6.07) is 0.667. The van der Waals surface area contributed by atoms with Crippen LogP contribution in [0.2, 0.25) is 0 Å². The maximum Gasteiger partial charge on any atom is 0.407 e. The molecule has 3 aliphatic rings. The Labute approximate surface area is 122 Å². The van der Waals surface area contributed by atoms with Gasteiger partial charge < -0.3 is 20.3 Å². The largest absolute Gasteiger partial charge is 0.444 e. The van der Waals surface area contributed by atoms with Crippen LogP contribution in [-0.2, 0) is 4.74 Å². The average molecular weight is 283 g/mol. The van der Waals surface area contributed by atoms with E-state index in [2.05, 4.69) is 15.5 Å². The third kappa shape index (κ3) is 4.63. The number of piperidine rings is 3. The number of ether oxygens (including phenoxy) is 1. The molecule has 2 N–H and O–H groups in total. The van der Waals surface area contributed by atoms with Gasteiger partial charge in [-0.05, 0) is 59.5 Å². The van der Waals surface area contributed by atoms with Crippen LogP contribution in [0.4, 0.5) is 4.79 Å². The Kier molecular flexibility index (Phi) is 4.91. The van der Waals surface area contributed by atoms with Crippen molar-refractivity contribution in [1.82, 2.24) is 15.5 Å². The van der Waals surface area contributed by atoms with Crippen molar-refractivity contribution in [2.75, 3.05) is 26.2 Å². The first-order valence-electron chi connectivity index (χ1n) is 7.79. The van der Waals surface area contributed by atoms with Crippen LogP contribution in [-0.4, -0.2) is 54.9 Å². The second-order valence-electron chi connectivity index (χ2n) is 7.20. The normalized spacial score (nSPS) is 30.9. The minimum atomic E-state index is -0.437. The van der Waals surface area contributed by atoms with Crippen LogP contribution in [0.3, 0.4) is 0 Å². The number of alkyl carbamates (subject to hydrolysis) is 1. The van der Waals surface area contributed by atoms with E-state index in [0.717, 1.165) is 19.0 Å². The first kappa shape index (κ1) is 15.6. The smallest absolute Gasteiger partial charge is 0.407 e. The minimum Gasteiger partial charge on any atom is -0.444 e. The van der Waals surface area contributed by atoms with Gasteiger partial charge in [-0.3, -0.25) is 0 Å². The second kappa shape index (κ2) is 6.31. The highest BCUT2D eigenvalue weighted by atomic mass is 16.6. The summed E-state index contributed by atoms with van der Waals surface area (Å²) in [5.74, 6) is 0.814. The lowest BCUT2D eigenvalue weighted by molar-refractivity contribution is 0.0495. The van der Waals surface area contributed by atoms with Crippen molar-refractivity contribution in [3.05, 3.63) is 0 Å². The monoisotopic (exact) mass is 283 g/mol. The van der Waals surface area contributed by atoms with E-state index in [0.29, 0.717) is 6.04 Å². The molecule has 3 fully saturated rings. The summed E-state index contributed by atoms with van der Waals surface area (Å²) in [5, 5.41) is 6.49. The standard InChI is InChI=1S/C15H29N3O2/c1-11(17-14(19)20-15(2,3)4)9-16-13-10-18-7-5-12(13)6-8-18/h11-13,16H,5-10H2,1-4H3,(H,17,19). The lowest BCUT2D eigenvalue weighted by Gasteiger charge is -2.45. The number of fused-ring (bicyclic) bond motifs is 3. The first-order valence-corrected chi connectivity index (χ1v) is 7.79. The Morgan fingerprint density at radius 2 is 2.00 bits per heavy atom. The van der Waals surface area contributed by atoms with E-state index in [9.17, 15) is 4.79 Å². The minimum absolute atomic E-state index is 0.0836. The summed E-state index contributed by atoms with van der Waals surface area (Å²) >= 11 is 0. The van der Waals surface area contributed by atoms with Crippen LogP contribution >= 0.6 is 0 Å². The molecule has 2 bridgehead atoms. The molecule has 5 nitrogen and oxygen atoms in total. The highest BCUT2D eigenvalue weighted by molar-refractivity contribution is 5.68. The summed E-state index contributed by atoms with van der Waals surface area (Å²) in [6.07, 6.45) is 2.29. The summed E-state index contributed by atoms with van der Waals surface area (Å²) in [7, 11) is 0. The third-order valence-corrected chi connectivity index (χ3v) is 4.11. The van der Waals surface area contributed by atoms with Gasteiger partial charge in [0.1, 0.15) is 5.60 Å². The lowest BCUT2D eigenvalue weighted by Crippen LogP contribution is -2.57. The molecule has 0 radical (unpaired) electrons. The molecule has 3 heterocycles. The lowest BCUT2D eigenvalue weighted by atomic mass is 9.84. The fourth-order valence-corrected chi connectivity index (χ4v) is 3.08. The van der Waals surface area contributed by atoms with Crippen LogP contribution in [0.15, 0.2) is 0 Å². The van der Waals surface area contributed by atoms with Gasteiger partial charge in [0.25, 0.3) is 0 Å². The maximum absolute atomic E-state index is 11.7. The number of carbonyl (C=O) groups is 1. The fourth-order valence-electron chi connectivity index (χ4n) is 3.08. The van der Waals surface area contributed by atoms with Gasteiger partial charge >= 0.3 is 6.09 Å². The zero-order valence-electron chi connectivity index (χ0n) is 13.2. The number of carbonyl (C=O) groups excluding carboxylic acids is 1. The third-order valence-electron chi connectivity index (χ3n) is 4.11. The zero-order chi connectivity index (χ0) is 14.8. The van der Waals surface area contributed by atoms with E-state index in [1.807, 2.05) is 27.7 Å². The molecule has 1 amide bonds. The number of amides is 1. The molecule has 2 atom stereocenters. The van der Waals surface area contributed by atoms with E-state index in [-0.39, 0.29) is 12.1 Å². The van der Waals surface area contributed by atoms with Crippen molar-refractivity contribution >= 4 is 6.09 Å². The zero-order valence-corrected chi connectivity index (χ0v) is 13.2. The molecular formula is C15H29N3O2. The predicted octanol–water partition coefficient (Wildman–Crippen LogP) is 1.58. The van der Waals surface area contributed by atoms with Crippen molar-refractivity contribution in [3.8, 4) is 0 Å². The Hall–Kier alpha value is -0.810. The fraction of sp³-hybridized carbons (Fsp3) is 0.933. The topological polar surface area (TPSA) is 53.6 Å². The molecular weight excluding hydrogens is 254 g/mol. The molecule has 0 saturated carbocycles. The summed E-state index contributed by atoms with van der Waals surface area (Å²) < 4.78 is 5.26. The molecule has 116 valence electrons. The SMILES string of the molecule is CC(CNC1CN2CCC1CC2)NC(=O)OC(C)(C)C. The van der Waals surface area contributed by atoms with Crippen LogP contribution in [0.1, 0.15) is 40.5 Å². The molecule has 2 unspecified atom stereocenters. The summed E-state index contributed by atoms with van der Waals surface area (Å²) in [4.78, 5) is 14.2. The van der Waals surface area contributed by atoms with Gasteiger partial charge in [0.2, 0.25) is 0 Å². The van der Waals surface area contributed by atoms with Gasteiger partial charge in [-0.2, -0.15) is 0 Å². The first-order chi connectivity index (χ1) is 9.33. The molecule has 3 saturated heterocycles. The van der Waals surface area contributed by atoms with Gasteiger partial charge in [0, 0.05) is 25.2 Å². The van der Waals surface area contributed by atoms with E-state index in [1.54, 1.807) is 0 Å². The number of rotatable bonds is 4. The van der Waals surface area contributed by atoms with Crippen molar-refractivity contribution in [2.24, 2.45) is 5.92 Å². The summed E-state index contributed by atoms with van der Waals surface area (Å²) in [5.41, 5.74) is -0.437. The maximum atomic E-state index is 11.7. The van der Waals surface area contributed by atoms with Crippen LogP contribution in [0.25, 0.3) is 0 Å². The van der Waals surface area contributed by atoms with Crippen molar-refractivity contribution in [3.63, 3.8) is 0 Å². The van der Waals surface area contributed by atoms with Gasteiger partial charge in [-0.25, -0.2) is 4.79 Å². The number of hydrogen-bond donors (Lipinski definition) is 2. The molecule has 0 aromatic carbocycles. The molecule has 0 aromatic rings. The number of nitrogens with one attached hydrogen (secondary N) is 2. The van der Waals surface area contributed by atoms with Crippen molar-refractivity contribution in [1.29, 1.82) is 0 Å². The molecule has 3 aliphatic heterocycles. The van der Waals surface area contributed by atoms with Gasteiger partial charge in [0.05, 0.1) is 0 Å². The number of nitrogens with zero attached hydrogens (tertiary/aromatic N) is 1. The quantitative estimate of drug-likeness (QED) is 0.822. The van der Waals surface area contributed by atoms with E-state index in [4.69, 9.17) is 4.74 Å². The van der Waals surface area contributed by atoms with Crippen molar-refractivity contribution < 1.29 is 9.53 Å². The number of hydrogen-bond acceptors (Lipinski definition) is 4. The van der Waals surface area contributed by atoms with Crippen LogP contribution < -0.4 is 10.6 Å². The van der Waals surface area contributed by atoms with E-state index < -0.39 is 5.60 Å². The Morgan fingerprint density at radius 3 is 2.50 bits per heavy atom. The van der Waals surface area contributed by atoms with Gasteiger partial charge in [-0.15, -0.1) is 0 Å². The average Bonchev–Trinajstić information content (AvgIpc) is 2.35.